The van der Waals surface area contributed by atoms with Crippen molar-refractivity contribution in [2.75, 3.05) is 12.4 Å². The van der Waals surface area contributed by atoms with E-state index in [1.54, 1.807) is 0 Å². The van der Waals surface area contributed by atoms with Gasteiger partial charge in [-0.15, -0.1) is 0 Å². The zero-order valence-electron chi connectivity index (χ0n) is 20.2. The molecule has 3 aromatic carbocycles. The SMILES string of the molecule is Cc1ccc(S(=O)C[C@@H](O)CCCO[Si](c2ccccc2)(c2ccccc2)C(C)(C)C)cc1. The molecule has 1 N–H and O–H groups in total. The average molecular weight is 481 g/mol. The summed E-state index contributed by atoms with van der Waals surface area (Å²) < 4.78 is 19.5. The second kappa shape index (κ2) is 11.4. The van der Waals surface area contributed by atoms with Crippen LogP contribution in [0.15, 0.2) is 89.8 Å². The van der Waals surface area contributed by atoms with E-state index >= 15 is 0 Å². The van der Waals surface area contributed by atoms with Gasteiger partial charge in [0.05, 0.1) is 22.7 Å². The Morgan fingerprint density at radius 3 is 1.88 bits per heavy atom. The minimum Gasteiger partial charge on any atom is -0.407 e. The van der Waals surface area contributed by atoms with Crippen LogP contribution in [-0.4, -0.2) is 36.1 Å². The van der Waals surface area contributed by atoms with Crippen molar-refractivity contribution in [3.8, 4) is 0 Å². The Labute approximate surface area is 202 Å². The van der Waals surface area contributed by atoms with Gasteiger partial charge in [0.1, 0.15) is 0 Å². The van der Waals surface area contributed by atoms with Gasteiger partial charge in [-0.25, -0.2) is 0 Å². The van der Waals surface area contributed by atoms with Crippen LogP contribution in [0.1, 0.15) is 39.2 Å². The fourth-order valence-electron chi connectivity index (χ4n) is 4.35. The number of hydrogen-bond acceptors (Lipinski definition) is 3. The van der Waals surface area contributed by atoms with Gasteiger partial charge in [-0.2, -0.15) is 0 Å². The molecule has 5 heteroatoms. The van der Waals surface area contributed by atoms with E-state index in [4.69, 9.17) is 4.43 Å². The van der Waals surface area contributed by atoms with E-state index in [-0.39, 0.29) is 10.8 Å². The third-order valence-corrected chi connectivity index (χ3v) is 12.6. The summed E-state index contributed by atoms with van der Waals surface area (Å²) in [7, 11) is -3.75. The summed E-state index contributed by atoms with van der Waals surface area (Å²) in [5.74, 6) is 0.252. The number of benzene rings is 3. The summed E-state index contributed by atoms with van der Waals surface area (Å²) in [5, 5.41) is 13.0. The van der Waals surface area contributed by atoms with Gasteiger partial charge in [0.15, 0.2) is 0 Å². The lowest BCUT2D eigenvalue weighted by atomic mass is 10.2. The van der Waals surface area contributed by atoms with Gasteiger partial charge in [-0.05, 0) is 47.3 Å². The smallest absolute Gasteiger partial charge is 0.261 e. The first kappa shape index (κ1) is 25.6. The molecule has 0 aliphatic carbocycles. The Hall–Kier alpha value is -2.05. The van der Waals surface area contributed by atoms with Crippen LogP contribution in [0.25, 0.3) is 0 Å². The van der Waals surface area contributed by atoms with Gasteiger partial charge < -0.3 is 9.53 Å². The van der Waals surface area contributed by atoms with Crippen molar-refractivity contribution < 1.29 is 13.7 Å². The van der Waals surface area contributed by atoms with Gasteiger partial charge in [0.25, 0.3) is 8.32 Å². The minimum atomic E-state index is -2.55. The first-order valence-electron chi connectivity index (χ1n) is 11.6. The third-order valence-electron chi connectivity index (χ3n) is 6.04. The van der Waals surface area contributed by atoms with Crippen LogP contribution >= 0.6 is 0 Å². The number of aryl methyl sites for hydroxylation is 1. The molecule has 176 valence electrons. The third kappa shape index (κ3) is 6.30. The molecule has 0 aromatic heterocycles. The molecule has 0 fully saturated rings. The van der Waals surface area contributed by atoms with Crippen LogP contribution < -0.4 is 10.4 Å². The Morgan fingerprint density at radius 1 is 0.879 bits per heavy atom. The highest BCUT2D eigenvalue weighted by Gasteiger charge is 2.49. The predicted molar refractivity (Wildman–Crippen MR) is 141 cm³/mol. The van der Waals surface area contributed by atoms with Crippen molar-refractivity contribution in [2.45, 2.75) is 56.6 Å². The highest BCUT2D eigenvalue weighted by Crippen LogP contribution is 2.36. The molecule has 1 unspecified atom stereocenters. The van der Waals surface area contributed by atoms with E-state index in [9.17, 15) is 9.32 Å². The zero-order valence-corrected chi connectivity index (χ0v) is 22.0. The van der Waals surface area contributed by atoms with E-state index < -0.39 is 25.2 Å². The first-order chi connectivity index (χ1) is 15.7. The first-order valence-corrected chi connectivity index (χ1v) is 14.8. The Balaban J connectivity index is 1.69. The van der Waals surface area contributed by atoms with Gasteiger partial charge in [0, 0.05) is 11.5 Å². The summed E-state index contributed by atoms with van der Waals surface area (Å²) in [6.45, 7) is 9.35. The molecule has 0 heterocycles. The quantitative estimate of drug-likeness (QED) is 0.334. The number of hydrogen-bond donors (Lipinski definition) is 1. The molecule has 33 heavy (non-hydrogen) atoms. The lowest BCUT2D eigenvalue weighted by Gasteiger charge is -2.43. The molecule has 3 rings (SSSR count). The topological polar surface area (TPSA) is 46.5 Å². The van der Waals surface area contributed by atoms with Crippen molar-refractivity contribution in [2.24, 2.45) is 0 Å². The number of rotatable bonds is 10. The van der Waals surface area contributed by atoms with Crippen LogP contribution in [0, 0.1) is 6.92 Å². The van der Waals surface area contributed by atoms with Gasteiger partial charge in [-0.1, -0.05) is 99.1 Å². The van der Waals surface area contributed by atoms with Crippen LogP contribution in [0.5, 0.6) is 0 Å². The lowest BCUT2D eigenvalue weighted by Crippen LogP contribution is -2.66. The standard InChI is InChI=1S/C28H36O3SSi/c1-23-17-19-25(20-18-23)32(30)22-24(29)12-11-21-31-33(28(2,3)4,26-13-7-5-8-14-26)27-15-9-6-10-16-27/h5-10,13-20,24,29H,11-12,21-22H2,1-4H3/t24-,32?/m0/s1. The van der Waals surface area contributed by atoms with Crippen molar-refractivity contribution in [3.63, 3.8) is 0 Å². The van der Waals surface area contributed by atoms with Gasteiger partial charge in [-0.3, -0.25) is 4.21 Å². The van der Waals surface area contributed by atoms with Crippen LogP contribution in [0.2, 0.25) is 5.04 Å². The lowest BCUT2D eigenvalue weighted by molar-refractivity contribution is 0.172. The monoisotopic (exact) mass is 480 g/mol. The Kier molecular flexibility index (Phi) is 8.82. The maximum Gasteiger partial charge on any atom is 0.261 e. The van der Waals surface area contributed by atoms with Gasteiger partial charge >= 0.3 is 0 Å². The van der Waals surface area contributed by atoms with E-state index in [1.807, 2.05) is 43.3 Å². The van der Waals surface area contributed by atoms with E-state index in [2.05, 4.69) is 69.3 Å². The number of aliphatic hydroxyl groups is 1. The second-order valence-electron chi connectivity index (χ2n) is 9.63. The normalized spacial score (nSPS) is 14.1. The molecular formula is C28H36O3SSi. The predicted octanol–water partition coefficient (Wildman–Crippen LogP) is 4.82. The zero-order chi connectivity index (χ0) is 23.9. The van der Waals surface area contributed by atoms with Crippen LogP contribution in [-0.2, 0) is 15.2 Å². The summed E-state index contributed by atoms with van der Waals surface area (Å²) in [4.78, 5) is 0.767. The molecule has 0 amide bonds. The van der Waals surface area contributed by atoms with Crippen molar-refractivity contribution in [1.82, 2.24) is 0 Å². The summed E-state index contributed by atoms with van der Waals surface area (Å²) in [5.41, 5.74) is 1.14. The molecule has 0 spiro atoms. The summed E-state index contributed by atoms with van der Waals surface area (Å²) >= 11 is 0. The molecular weight excluding hydrogens is 444 g/mol. The molecule has 0 bridgehead atoms. The largest absolute Gasteiger partial charge is 0.407 e. The molecule has 3 nitrogen and oxygen atoms in total. The highest BCUT2D eigenvalue weighted by atomic mass is 32.2. The summed E-state index contributed by atoms with van der Waals surface area (Å²) in [6.07, 6.45) is 0.668. The van der Waals surface area contributed by atoms with E-state index in [1.165, 1.54) is 10.4 Å². The maximum atomic E-state index is 12.6. The minimum absolute atomic E-state index is 0.0682. The molecule has 2 atom stereocenters. The Morgan fingerprint density at radius 2 is 1.39 bits per heavy atom. The van der Waals surface area contributed by atoms with Crippen molar-refractivity contribution in [3.05, 3.63) is 90.5 Å². The molecule has 0 aliphatic heterocycles. The van der Waals surface area contributed by atoms with Crippen molar-refractivity contribution in [1.29, 1.82) is 0 Å². The highest BCUT2D eigenvalue weighted by molar-refractivity contribution is 7.85. The molecule has 0 radical (unpaired) electrons. The molecule has 0 saturated heterocycles. The Bertz CT molecular complexity index is 975. The maximum absolute atomic E-state index is 12.6. The van der Waals surface area contributed by atoms with E-state index in [0.29, 0.717) is 13.0 Å². The molecule has 0 saturated carbocycles. The summed E-state index contributed by atoms with van der Waals surface area (Å²) in [6, 6.07) is 28.8. The van der Waals surface area contributed by atoms with Crippen LogP contribution in [0.3, 0.4) is 0 Å². The molecule has 0 aliphatic rings. The second-order valence-corrected chi connectivity index (χ2v) is 15.4. The fraction of sp³-hybridized carbons (Fsp3) is 0.357. The van der Waals surface area contributed by atoms with Crippen LogP contribution in [0.4, 0.5) is 0 Å². The fourth-order valence-corrected chi connectivity index (χ4v) is 10.1. The molecule has 3 aromatic rings. The van der Waals surface area contributed by atoms with Gasteiger partial charge in [0.2, 0.25) is 0 Å². The van der Waals surface area contributed by atoms with E-state index in [0.717, 1.165) is 16.9 Å². The number of aliphatic hydroxyl groups excluding tert-OH is 1. The van der Waals surface area contributed by atoms with Crippen molar-refractivity contribution >= 4 is 29.5 Å². The average Bonchev–Trinajstić information content (AvgIpc) is 2.80.